The fraction of sp³-hybridized carbons (Fsp3) is 0.385. The normalized spacial score (nSPS) is 16.7. The summed E-state index contributed by atoms with van der Waals surface area (Å²) in [6.45, 7) is 4.23. The molecule has 8 nitrogen and oxygen atoms in total. The maximum absolute atomic E-state index is 4.60. The van der Waals surface area contributed by atoms with Gasteiger partial charge in [0.2, 0.25) is 5.95 Å². The van der Waals surface area contributed by atoms with Gasteiger partial charge in [-0.25, -0.2) is 19.9 Å². The minimum absolute atomic E-state index is 0.825. The van der Waals surface area contributed by atoms with E-state index in [1.165, 1.54) is 38.5 Å². The summed E-state index contributed by atoms with van der Waals surface area (Å²) in [5, 5.41) is 4.50. The number of benzene rings is 1. The Morgan fingerprint density at radius 1 is 0.706 bits per heavy atom. The number of nitrogens with zero attached hydrogens (tertiary/aromatic N) is 6. The summed E-state index contributed by atoms with van der Waals surface area (Å²) >= 11 is 0. The van der Waals surface area contributed by atoms with Gasteiger partial charge in [0, 0.05) is 37.6 Å². The summed E-state index contributed by atoms with van der Waals surface area (Å²) in [6, 6.07) is 10.6. The summed E-state index contributed by atoms with van der Waals surface area (Å²) in [6.07, 6.45) is 12.9. The van der Waals surface area contributed by atoms with Crippen LogP contribution in [0.2, 0.25) is 0 Å². The molecule has 0 unspecified atom stereocenters. The van der Waals surface area contributed by atoms with E-state index >= 15 is 0 Å². The molecule has 1 aromatic carbocycles. The topological polar surface area (TPSA) is 85.9 Å². The SMILES string of the molecule is c1nc(N2CCCCC2)c2cc(-c3ccc(Nc4cnc(N5CCCCC5)nc4)cc3)[nH]c2n1. The van der Waals surface area contributed by atoms with Crippen molar-refractivity contribution in [1.82, 2.24) is 24.9 Å². The second kappa shape index (κ2) is 9.29. The van der Waals surface area contributed by atoms with Crippen LogP contribution in [0.4, 0.5) is 23.1 Å². The van der Waals surface area contributed by atoms with Crippen molar-refractivity contribution in [2.75, 3.05) is 41.3 Å². The van der Waals surface area contributed by atoms with E-state index in [1.807, 2.05) is 12.4 Å². The zero-order valence-corrected chi connectivity index (χ0v) is 19.4. The first-order valence-electron chi connectivity index (χ1n) is 12.4. The average Bonchev–Trinajstić information content (AvgIpc) is 3.35. The number of anilines is 4. The van der Waals surface area contributed by atoms with E-state index in [2.05, 4.69) is 70.4 Å². The molecule has 2 aliphatic rings. The Labute approximate surface area is 199 Å². The van der Waals surface area contributed by atoms with Crippen molar-refractivity contribution in [3.63, 3.8) is 0 Å². The Balaban J connectivity index is 1.17. The van der Waals surface area contributed by atoms with E-state index in [0.29, 0.717) is 0 Å². The van der Waals surface area contributed by atoms with Crippen molar-refractivity contribution in [3.8, 4) is 11.3 Å². The number of nitrogens with one attached hydrogen (secondary N) is 2. The molecular formula is C26H30N8. The molecule has 2 N–H and O–H groups in total. The molecule has 2 aliphatic heterocycles. The van der Waals surface area contributed by atoms with Crippen molar-refractivity contribution in [2.24, 2.45) is 0 Å². The highest BCUT2D eigenvalue weighted by atomic mass is 15.3. The first-order chi connectivity index (χ1) is 16.8. The number of hydrogen-bond donors (Lipinski definition) is 2. The third-order valence-corrected chi connectivity index (χ3v) is 6.82. The van der Waals surface area contributed by atoms with Gasteiger partial charge >= 0.3 is 0 Å². The van der Waals surface area contributed by atoms with Gasteiger partial charge in [-0.2, -0.15) is 0 Å². The Morgan fingerprint density at radius 2 is 1.38 bits per heavy atom. The number of fused-ring (bicyclic) bond motifs is 1. The molecule has 0 atom stereocenters. The van der Waals surface area contributed by atoms with Crippen molar-refractivity contribution >= 4 is 34.2 Å². The van der Waals surface area contributed by atoms with Gasteiger partial charge in [-0.15, -0.1) is 0 Å². The van der Waals surface area contributed by atoms with Crippen LogP contribution in [0.25, 0.3) is 22.3 Å². The smallest absolute Gasteiger partial charge is 0.225 e. The van der Waals surface area contributed by atoms with Gasteiger partial charge in [-0.05, 0) is 62.3 Å². The molecule has 4 aromatic rings. The molecule has 0 saturated carbocycles. The average molecular weight is 455 g/mol. The van der Waals surface area contributed by atoms with Gasteiger partial charge < -0.3 is 20.1 Å². The van der Waals surface area contributed by atoms with Gasteiger partial charge in [0.15, 0.2) is 0 Å². The van der Waals surface area contributed by atoms with Crippen LogP contribution in [0, 0.1) is 0 Å². The van der Waals surface area contributed by atoms with Crippen LogP contribution in [0.5, 0.6) is 0 Å². The van der Waals surface area contributed by atoms with Gasteiger partial charge in [-0.3, -0.25) is 0 Å². The molecule has 2 fully saturated rings. The maximum atomic E-state index is 4.60. The first-order valence-corrected chi connectivity index (χ1v) is 12.4. The number of rotatable bonds is 5. The second-order valence-corrected chi connectivity index (χ2v) is 9.21. The lowest BCUT2D eigenvalue weighted by Gasteiger charge is -2.27. The predicted octanol–water partition coefficient (Wildman–Crippen LogP) is 5.14. The number of piperidine rings is 2. The van der Waals surface area contributed by atoms with Crippen molar-refractivity contribution in [1.29, 1.82) is 0 Å². The van der Waals surface area contributed by atoms with E-state index in [1.54, 1.807) is 6.33 Å². The molecule has 0 bridgehead atoms. The third kappa shape index (κ3) is 4.27. The van der Waals surface area contributed by atoms with Crippen molar-refractivity contribution in [2.45, 2.75) is 38.5 Å². The van der Waals surface area contributed by atoms with E-state index in [4.69, 9.17) is 0 Å². The van der Waals surface area contributed by atoms with Crippen LogP contribution in [0.3, 0.4) is 0 Å². The summed E-state index contributed by atoms with van der Waals surface area (Å²) in [7, 11) is 0. The highest BCUT2D eigenvalue weighted by Gasteiger charge is 2.17. The van der Waals surface area contributed by atoms with Crippen LogP contribution < -0.4 is 15.1 Å². The monoisotopic (exact) mass is 454 g/mol. The summed E-state index contributed by atoms with van der Waals surface area (Å²) in [5.41, 5.74) is 4.95. The van der Waals surface area contributed by atoms with E-state index in [9.17, 15) is 0 Å². The van der Waals surface area contributed by atoms with Gasteiger partial charge in [-0.1, -0.05) is 12.1 Å². The lowest BCUT2D eigenvalue weighted by atomic mass is 10.1. The number of hydrogen-bond acceptors (Lipinski definition) is 7. The van der Waals surface area contributed by atoms with Crippen LogP contribution in [-0.4, -0.2) is 51.1 Å². The Morgan fingerprint density at radius 3 is 2.09 bits per heavy atom. The molecule has 0 amide bonds. The van der Waals surface area contributed by atoms with Crippen LogP contribution in [-0.2, 0) is 0 Å². The molecule has 6 rings (SSSR count). The molecule has 0 spiro atoms. The highest BCUT2D eigenvalue weighted by Crippen LogP contribution is 2.31. The van der Waals surface area contributed by atoms with Gasteiger partial charge in [0.05, 0.1) is 23.5 Å². The summed E-state index contributed by atoms with van der Waals surface area (Å²) < 4.78 is 0. The van der Waals surface area contributed by atoms with Gasteiger partial charge in [0.1, 0.15) is 17.8 Å². The van der Waals surface area contributed by atoms with Crippen molar-refractivity contribution in [3.05, 3.63) is 49.1 Å². The summed E-state index contributed by atoms with van der Waals surface area (Å²) in [5.74, 6) is 1.87. The molecule has 2 saturated heterocycles. The Hall–Kier alpha value is -3.68. The molecule has 8 heteroatoms. The summed E-state index contributed by atoms with van der Waals surface area (Å²) in [4.78, 5) is 26.3. The number of H-pyrrole nitrogens is 1. The van der Waals surface area contributed by atoms with Crippen LogP contribution in [0.1, 0.15) is 38.5 Å². The molecule has 0 aliphatic carbocycles. The maximum Gasteiger partial charge on any atom is 0.225 e. The molecule has 3 aromatic heterocycles. The fourth-order valence-corrected chi connectivity index (χ4v) is 4.98. The molecule has 34 heavy (non-hydrogen) atoms. The minimum atomic E-state index is 0.825. The van der Waals surface area contributed by atoms with Crippen LogP contribution >= 0.6 is 0 Å². The minimum Gasteiger partial charge on any atom is -0.356 e. The largest absolute Gasteiger partial charge is 0.356 e. The molecular weight excluding hydrogens is 424 g/mol. The Bertz CT molecular complexity index is 1240. The zero-order valence-electron chi connectivity index (χ0n) is 19.4. The third-order valence-electron chi connectivity index (χ3n) is 6.82. The van der Waals surface area contributed by atoms with Gasteiger partial charge in [0.25, 0.3) is 0 Å². The van der Waals surface area contributed by atoms with E-state index in [-0.39, 0.29) is 0 Å². The number of aromatic nitrogens is 5. The van der Waals surface area contributed by atoms with Crippen molar-refractivity contribution < 1.29 is 0 Å². The lowest BCUT2D eigenvalue weighted by Crippen LogP contribution is -2.30. The highest BCUT2D eigenvalue weighted by molar-refractivity contribution is 5.92. The van der Waals surface area contributed by atoms with E-state index < -0.39 is 0 Å². The number of aromatic amines is 1. The standard InChI is InChI=1S/C26H30N8/c1-3-11-33(12-4-1)25-22-15-23(32-24(22)29-18-30-25)19-7-9-20(10-8-19)31-21-16-27-26(28-17-21)34-13-5-2-6-14-34/h7-10,15-18,31H,1-6,11-14H2,(H,29,30,32). The molecule has 5 heterocycles. The quantitative estimate of drug-likeness (QED) is 0.432. The second-order valence-electron chi connectivity index (χ2n) is 9.21. The fourth-order valence-electron chi connectivity index (χ4n) is 4.98. The zero-order chi connectivity index (χ0) is 22.7. The lowest BCUT2D eigenvalue weighted by molar-refractivity contribution is 0.568. The molecule has 0 radical (unpaired) electrons. The van der Waals surface area contributed by atoms with E-state index in [0.717, 1.165) is 71.6 Å². The predicted molar refractivity (Wildman–Crippen MR) is 137 cm³/mol. The van der Waals surface area contributed by atoms with Crippen LogP contribution in [0.15, 0.2) is 49.1 Å². The molecule has 174 valence electrons. The first kappa shape index (κ1) is 20.9. The Kier molecular flexibility index (Phi) is 5.71.